The van der Waals surface area contributed by atoms with Gasteiger partial charge in [0, 0.05) is 33.4 Å². The number of anilines is 2. The average molecular weight is 320 g/mol. The Morgan fingerprint density at radius 1 is 0.913 bits per heavy atom. The van der Waals surface area contributed by atoms with E-state index in [1.54, 1.807) is 0 Å². The molecule has 2 N–H and O–H groups in total. The number of nitrogens with one attached hydrogen (secondary N) is 2. The number of aromatic nitrogens is 1. The minimum Gasteiger partial charge on any atom is -0.354 e. The highest BCUT2D eigenvalue weighted by molar-refractivity contribution is 6.31. The molecule has 0 atom stereocenters. The summed E-state index contributed by atoms with van der Waals surface area (Å²) in [4.78, 5) is 3.54. The SMILES string of the molecule is Clc1ccc2c(c1)[nH]c1c3c(ccc12)N(c1ccccc1)NC3. The van der Waals surface area contributed by atoms with E-state index in [1.807, 2.05) is 18.2 Å². The fourth-order valence-corrected chi connectivity index (χ4v) is 3.60. The molecule has 2 heterocycles. The second-order valence-corrected chi connectivity index (χ2v) is 6.24. The zero-order valence-electron chi connectivity index (χ0n) is 12.3. The molecule has 0 radical (unpaired) electrons. The standard InChI is InChI=1S/C19H14ClN3/c20-12-6-7-14-15-8-9-18-16(19(15)22-17(14)10-12)11-21-23(18)13-4-2-1-3-5-13/h1-10,21-22H,11H2. The van der Waals surface area contributed by atoms with E-state index in [0.717, 1.165) is 22.8 Å². The molecule has 1 aliphatic rings. The first-order chi connectivity index (χ1) is 11.3. The maximum Gasteiger partial charge on any atom is 0.0644 e. The maximum atomic E-state index is 6.13. The summed E-state index contributed by atoms with van der Waals surface area (Å²) in [6.45, 7) is 0.808. The third-order valence-corrected chi connectivity index (χ3v) is 4.72. The molecular formula is C19H14ClN3. The van der Waals surface area contributed by atoms with Crippen molar-refractivity contribution in [3.63, 3.8) is 0 Å². The van der Waals surface area contributed by atoms with Crippen LogP contribution in [0.4, 0.5) is 11.4 Å². The minimum absolute atomic E-state index is 0.754. The summed E-state index contributed by atoms with van der Waals surface area (Å²) in [5, 5.41) is 5.36. The molecular weight excluding hydrogens is 306 g/mol. The summed E-state index contributed by atoms with van der Waals surface area (Å²) in [7, 11) is 0. The van der Waals surface area contributed by atoms with Crippen molar-refractivity contribution in [3.8, 4) is 0 Å². The van der Waals surface area contributed by atoms with Crippen molar-refractivity contribution in [2.75, 3.05) is 5.01 Å². The number of para-hydroxylation sites is 1. The zero-order chi connectivity index (χ0) is 15.4. The van der Waals surface area contributed by atoms with Gasteiger partial charge in [-0.15, -0.1) is 0 Å². The van der Waals surface area contributed by atoms with Gasteiger partial charge in [-0.3, -0.25) is 5.01 Å². The first-order valence-corrected chi connectivity index (χ1v) is 8.00. The van der Waals surface area contributed by atoms with Gasteiger partial charge in [-0.1, -0.05) is 41.9 Å². The molecule has 1 aliphatic heterocycles. The molecule has 4 aromatic rings. The number of hydrogen-bond acceptors (Lipinski definition) is 2. The van der Waals surface area contributed by atoms with Crippen molar-refractivity contribution in [3.05, 3.63) is 71.2 Å². The van der Waals surface area contributed by atoms with E-state index in [1.165, 1.54) is 27.5 Å². The van der Waals surface area contributed by atoms with E-state index in [9.17, 15) is 0 Å². The smallest absolute Gasteiger partial charge is 0.0644 e. The summed E-state index contributed by atoms with van der Waals surface area (Å²) in [6.07, 6.45) is 0. The van der Waals surface area contributed by atoms with Crippen molar-refractivity contribution in [1.29, 1.82) is 0 Å². The summed E-state index contributed by atoms with van der Waals surface area (Å²) in [6, 6.07) is 20.7. The van der Waals surface area contributed by atoms with Crippen LogP contribution in [0.25, 0.3) is 21.8 Å². The fraction of sp³-hybridized carbons (Fsp3) is 0.0526. The normalized spacial score (nSPS) is 13.9. The third kappa shape index (κ3) is 1.87. The van der Waals surface area contributed by atoms with E-state index < -0.39 is 0 Å². The highest BCUT2D eigenvalue weighted by atomic mass is 35.5. The Kier molecular flexibility index (Phi) is 2.68. The molecule has 1 aromatic heterocycles. The van der Waals surface area contributed by atoms with Gasteiger partial charge >= 0.3 is 0 Å². The average Bonchev–Trinajstić information content (AvgIpc) is 3.15. The Morgan fingerprint density at radius 3 is 2.61 bits per heavy atom. The predicted octanol–water partition coefficient (Wildman–Crippen LogP) is 5.13. The molecule has 0 aliphatic carbocycles. The summed E-state index contributed by atoms with van der Waals surface area (Å²) in [5.41, 5.74) is 9.37. The van der Waals surface area contributed by atoms with Gasteiger partial charge in [-0.25, -0.2) is 5.43 Å². The summed E-state index contributed by atoms with van der Waals surface area (Å²) < 4.78 is 0. The molecule has 0 bridgehead atoms. The van der Waals surface area contributed by atoms with Gasteiger partial charge < -0.3 is 4.98 Å². The van der Waals surface area contributed by atoms with Crippen molar-refractivity contribution < 1.29 is 0 Å². The van der Waals surface area contributed by atoms with Crippen molar-refractivity contribution in [2.45, 2.75) is 6.54 Å². The molecule has 0 amide bonds. The van der Waals surface area contributed by atoms with Gasteiger partial charge in [0.05, 0.1) is 16.9 Å². The van der Waals surface area contributed by atoms with E-state index >= 15 is 0 Å². The minimum atomic E-state index is 0.754. The molecule has 4 heteroatoms. The molecule has 5 rings (SSSR count). The van der Waals surface area contributed by atoms with Gasteiger partial charge in [-0.05, 0) is 30.3 Å². The molecule has 0 saturated carbocycles. The molecule has 0 spiro atoms. The van der Waals surface area contributed by atoms with Crippen molar-refractivity contribution in [1.82, 2.24) is 10.4 Å². The van der Waals surface area contributed by atoms with Crippen molar-refractivity contribution in [2.24, 2.45) is 0 Å². The topological polar surface area (TPSA) is 31.1 Å². The van der Waals surface area contributed by atoms with E-state index in [0.29, 0.717) is 0 Å². The van der Waals surface area contributed by atoms with Gasteiger partial charge in [-0.2, -0.15) is 0 Å². The number of benzene rings is 3. The van der Waals surface area contributed by atoms with Crippen LogP contribution in [0.3, 0.4) is 0 Å². The highest BCUT2D eigenvalue weighted by Crippen LogP contribution is 2.38. The van der Waals surface area contributed by atoms with Gasteiger partial charge in [0.2, 0.25) is 0 Å². The number of nitrogens with zero attached hydrogens (tertiary/aromatic N) is 1. The predicted molar refractivity (Wildman–Crippen MR) is 96.2 cm³/mol. The van der Waals surface area contributed by atoms with Crippen LogP contribution >= 0.6 is 11.6 Å². The summed E-state index contributed by atoms with van der Waals surface area (Å²) in [5.74, 6) is 0. The lowest BCUT2D eigenvalue weighted by Crippen LogP contribution is -2.26. The molecule has 3 nitrogen and oxygen atoms in total. The maximum absolute atomic E-state index is 6.13. The van der Waals surface area contributed by atoms with Crippen LogP contribution < -0.4 is 10.4 Å². The largest absolute Gasteiger partial charge is 0.354 e. The summed E-state index contributed by atoms with van der Waals surface area (Å²) >= 11 is 6.13. The van der Waals surface area contributed by atoms with Gasteiger partial charge in [0.1, 0.15) is 0 Å². The number of H-pyrrole nitrogens is 1. The van der Waals surface area contributed by atoms with E-state index in [4.69, 9.17) is 11.6 Å². The van der Waals surface area contributed by atoms with Crippen LogP contribution in [0.15, 0.2) is 60.7 Å². The van der Waals surface area contributed by atoms with E-state index in [-0.39, 0.29) is 0 Å². The zero-order valence-corrected chi connectivity index (χ0v) is 13.1. The first kappa shape index (κ1) is 13.0. The monoisotopic (exact) mass is 319 g/mol. The van der Waals surface area contributed by atoms with Gasteiger partial charge in [0.15, 0.2) is 0 Å². The highest BCUT2D eigenvalue weighted by Gasteiger charge is 2.23. The van der Waals surface area contributed by atoms with Gasteiger partial charge in [0.25, 0.3) is 0 Å². The molecule has 0 unspecified atom stereocenters. The van der Waals surface area contributed by atoms with Crippen LogP contribution in [0.2, 0.25) is 5.02 Å². The van der Waals surface area contributed by atoms with E-state index in [2.05, 4.69) is 57.9 Å². The van der Waals surface area contributed by atoms with Crippen LogP contribution in [0, 0.1) is 0 Å². The Morgan fingerprint density at radius 2 is 1.74 bits per heavy atom. The molecule has 3 aromatic carbocycles. The lowest BCUT2D eigenvalue weighted by Gasteiger charge is -2.19. The first-order valence-electron chi connectivity index (χ1n) is 7.63. The lowest BCUT2D eigenvalue weighted by atomic mass is 10.1. The number of halogens is 1. The quantitative estimate of drug-likeness (QED) is 0.509. The van der Waals surface area contributed by atoms with Crippen LogP contribution in [-0.2, 0) is 6.54 Å². The van der Waals surface area contributed by atoms with Crippen LogP contribution in [0.5, 0.6) is 0 Å². The molecule has 112 valence electrons. The Bertz CT molecular complexity index is 1040. The third-order valence-electron chi connectivity index (χ3n) is 4.49. The second-order valence-electron chi connectivity index (χ2n) is 5.81. The number of hydrogen-bond donors (Lipinski definition) is 2. The molecule has 0 saturated heterocycles. The number of fused-ring (bicyclic) bond motifs is 5. The number of aromatic amines is 1. The number of hydrazine groups is 1. The second kappa shape index (κ2) is 4.75. The molecule has 23 heavy (non-hydrogen) atoms. The number of rotatable bonds is 1. The fourth-order valence-electron chi connectivity index (χ4n) is 3.43. The van der Waals surface area contributed by atoms with Crippen LogP contribution in [-0.4, -0.2) is 4.98 Å². The lowest BCUT2D eigenvalue weighted by molar-refractivity contribution is 0.767. The Labute approximate surface area is 138 Å². The Hall–Kier alpha value is -2.49. The van der Waals surface area contributed by atoms with Crippen molar-refractivity contribution >= 4 is 44.8 Å². The van der Waals surface area contributed by atoms with Crippen LogP contribution in [0.1, 0.15) is 5.56 Å². The molecule has 0 fully saturated rings. The Balaban J connectivity index is 1.75.